The minimum Gasteiger partial charge on any atom is -0.744 e. The first kappa shape index (κ1) is 14.3. The van der Waals surface area contributed by atoms with Crippen molar-refractivity contribution in [2.24, 2.45) is 5.10 Å². The second kappa shape index (κ2) is 5.63. The summed E-state index contributed by atoms with van der Waals surface area (Å²) >= 11 is 0. The van der Waals surface area contributed by atoms with Gasteiger partial charge in [0.25, 0.3) is 0 Å². The molecule has 7 heteroatoms. The van der Waals surface area contributed by atoms with Gasteiger partial charge in [-0.3, -0.25) is 5.43 Å². The number of hydrogen-bond acceptors (Lipinski definition) is 5. The molecular weight excluding hydrogens is 302 g/mol. The molecule has 1 aromatic heterocycles. The van der Waals surface area contributed by atoms with Crippen LogP contribution in [0.15, 0.2) is 64.7 Å². The summed E-state index contributed by atoms with van der Waals surface area (Å²) in [6.45, 7) is 0. The lowest BCUT2D eigenvalue weighted by Crippen LogP contribution is -1.98. The van der Waals surface area contributed by atoms with E-state index in [1.165, 1.54) is 24.3 Å². The van der Waals surface area contributed by atoms with Gasteiger partial charge in [0.05, 0.1) is 16.8 Å². The molecule has 0 saturated carbocycles. The highest BCUT2D eigenvalue weighted by molar-refractivity contribution is 7.85. The van der Waals surface area contributed by atoms with Gasteiger partial charge in [-0.1, -0.05) is 18.2 Å². The highest BCUT2D eigenvalue weighted by Crippen LogP contribution is 2.16. The van der Waals surface area contributed by atoms with Gasteiger partial charge in [0, 0.05) is 22.7 Å². The number of nitrogens with zero attached hydrogens (tertiary/aromatic N) is 1. The van der Waals surface area contributed by atoms with E-state index >= 15 is 0 Å². The SMILES string of the molecule is O=S(=O)([O-])c1ccc(N/N=C/c2c[nH]c3ccccc23)cc1. The first-order valence-electron chi connectivity index (χ1n) is 6.45. The maximum Gasteiger partial charge on any atom is 0.124 e. The maximum absolute atomic E-state index is 10.8. The summed E-state index contributed by atoms with van der Waals surface area (Å²) in [5, 5.41) is 5.16. The Hall–Kier alpha value is -2.64. The number of aromatic amines is 1. The highest BCUT2D eigenvalue weighted by atomic mass is 32.2. The summed E-state index contributed by atoms with van der Waals surface area (Å²) in [6, 6.07) is 13.3. The van der Waals surface area contributed by atoms with Crippen LogP contribution in [0.25, 0.3) is 10.9 Å². The molecule has 6 nitrogen and oxygen atoms in total. The van der Waals surface area contributed by atoms with Crippen LogP contribution in [-0.4, -0.2) is 24.2 Å². The Morgan fingerprint density at radius 3 is 2.55 bits per heavy atom. The summed E-state index contributed by atoms with van der Waals surface area (Å²) in [7, 11) is -4.42. The zero-order valence-electron chi connectivity index (χ0n) is 11.4. The Morgan fingerprint density at radius 1 is 1.09 bits per heavy atom. The number of hydrogen-bond donors (Lipinski definition) is 2. The van der Waals surface area contributed by atoms with Crippen LogP contribution in [0.4, 0.5) is 5.69 Å². The van der Waals surface area contributed by atoms with Crippen molar-refractivity contribution < 1.29 is 13.0 Å². The Bertz CT molecular complexity index is 928. The van der Waals surface area contributed by atoms with Gasteiger partial charge in [0.1, 0.15) is 10.1 Å². The Kier molecular flexibility index (Phi) is 3.66. The molecule has 22 heavy (non-hydrogen) atoms. The zero-order valence-corrected chi connectivity index (χ0v) is 12.2. The highest BCUT2D eigenvalue weighted by Gasteiger charge is 2.01. The molecule has 2 aromatic carbocycles. The Labute approximate surface area is 127 Å². The van der Waals surface area contributed by atoms with Gasteiger partial charge in [0.15, 0.2) is 0 Å². The van der Waals surface area contributed by atoms with Crippen molar-refractivity contribution >= 4 is 32.9 Å². The van der Waals surface area contributed by atoms with E-state index in [-0.39, 0.29) is 4.90 Å². The van der Waals surface area contributed by atoms with Crippen LogP contribution in [0.2, 0.25) is 0 Å². The topological polar surface area (TPSA) is 97.4 Å². The van der Waals surface area contributed by atoms with Crippen molar-refractivity contribution in [3.8, 4) is 0 Å². The molecule has 0 saturated heterocycles. The Balaban J connectivity index is 1.75. The second-order valence-corrected chi connectivity index (χ2v) is 6.02. The molecule has 0 atom stereocenters. The number of aromatic nitrogens is 1. The first-order chi connectivity index (χ1) is 10.5. The predicted molar refractivity (Wildman–Crippen MR) is 83.9 cm³/mol. The molecule has 2 N–H and O–H groups in total. The zero-order chi connectivity index (χ0) is 15.6. The minimum absolute atomic E-state index is 0.265. The molecule has 0 unspecified atom stereocenters. The lowest BCUT2D eigenvalue weighted by Gasteiger charge is -2.07. The normalized spacial score (nSPS) is 12.0. The van der Waals surface area contributed by atoms with Gasteiger partial charge in [-0.25, -0.2) is 8.42 Å². The summed E-state index contributed by atoms with van der Waals surface area (Å²) < 4.78 is 32.5. The maximum atomic E-state index is 10.8. The van der Waals surface area contributed by atoms with E-state index in [0.29, 0.717) is 5.69 Å². The standard InChI is InChI=1S/C15H13N3O3S/c19-22(20,21)13-7-5-12(6-8-13)18-17-10-11-9-16-15-4-2-1-3-14(11)15/h1-10,16,18H,(H,19,20,21)/p-1/b17-10+. The summed E-state index contributed by atoms with van der Waals surface area (Å²) in [5.74, 6) is 0. The number of rotatable bonds is 4. The molecule has 0 aliphatic heterocycles. The monoisotopic (exact) mass is 314 g/mol. The molecule has 0 bridgehead atoms. The summed E-state index contributed by atoms with van der Waals surface area (Å²) in [6.07, 6.45) is 3.51. The van der Waals surface area contributed by atoms with Gasteiger partial charge in [-0.05, 0) is 30.3 Å². The van der Waals surface area contributed by atoms with E-state index in [9.17, 15) is 13.0 Å². The predicted octanol–water partition coefficient (Wildman–Crippen LogP) is 2.52. The second-order valence-electron chi connectivity index (χ2n) is 4.64. The molecule has 0 spiro atoms. The molecule has 0 radical (unpaired) electrons. The van der Waals surface area contributed by atoms with Crippen molar-refractivity contribution in [2.75, 3.05) is 5.43 Å². The molecule has 0 aliphatic carbocycles. The number of anilines is 1. The molecule has 0 fully saturated rings. The van der Waals surface area contributed by atoms with Crippen LogP contribution < -0.4 is 5.43 Å². The van der Waals surface area contributed by atoms with Crippen LogP contribution in [0.5, 0.6) is 0 Å². The molecule has 3 rings (SSSR count). The van der Waals surface area contributed by atoms with Crippen molar-refractivity contribution in [1.29, 1.82) is 0 Å². The molecule has 0 aliphatic rings. The van der Waals surface area contributed by atoms with Crippen LogP contribution >= 0.6 is 0 Å². The van der Waals surface area contributed by atoms with Gasteiger partial charge in [-0.2, -0.15) is 5.10 Å². The van der Waals surface area contributed by atoms with Crippen molar-refractivity contribution in [1.82, 2.24) is 4.98 Å². The third kappa shape index (κ3) is 3.00. The largest absolute Gasteiger partial charge is 0.744 e. The van der Waals surface area contributed by atoms with E-state index in [1.54, 1.807) is 6.21 Å². The van der Waals surface area contributed by atoms with E-state index in [0.717, 1.165) is 16.5 Å². The number of nitrogens with one attached hydrogen (secondary N) is 2. The van der Waals surface area contributed by atoms with E-state index < -0.39 is 10.1 Å². The van der Waals surface area contributed by atoms with Crippen LogP contribution in [0.1, 0.15) is 5.56 Å². The van der Waals surface area contributed by atoms with Gasteiger partial charge in [0.2, 0.25) is 0 Å². The molecule has 0 amide bonds. The molecule has 112 valence electrons. The van der Waals surface area contributed by atoms with Crippen molar-refractivity contribution in [3.05, 3.63) is 60.3 Å². The molecule has 1 heterocycles. The summed E-state index contributed by atoms with van der Waals surface area (Å²) in [5.41, 5.74) is 5.33. The summed E-state index contributed by atoms with van der Waals surface area (Å²) in [4.78, 5) is 2.88. The third-order valence-electron chi connectivity index (χ3n) is 3.16. The van der Waals surface area contributed by atoms with E-state index in [4.69, 9.17) is 0 Å². The minimum atomic E-state index is -4.42. The lowest BCUT2D eigenvalue weighted by molar-refractivity contribution is 0.463. The number of hydrazone groups is 1. The van der Waals surface area contributed by atoms with Crippen LogP contribution in [0.3, 0.4) is 0 Å². The van der Waals surface area contributed by atoms with Crippen LogP contribution in [0, 0.1) is 0 Å². The molecular formula is C15H12N3O3S-. The number of benzene rings is 2. The van der Waals surface area contributed by atoms with Crippen LogP contribution in [-0.2, 0) is 10.1 Å². The average molecular weight is 314 g/mol. The third-order valence-corrected chi connectivity index (χ3v) is 4.01. The molecule has 3 aromatic rings. The number of para-hydroxylation sites is 1. The number of H-pyrrole nitrogens is 1. The fourth-order valence-corrected chi connectivity index (χ4v) is 2.54. The quantitative estimate of drug-likeness (QED) is 0.439. The fourth-order valence-electron chi connectivity index (χ4n) is 2.07. The van der Waals surface area contributed by atoms with Crippen molar-refractivity contribution in [3.63, 3.8) is 0 Å². The fraction of sp³-hybridized carbons (Fsp3) is 0. The average Bonchev–Trinajstić information content (AvgIpc) is 2.90. The van der Waals surface area contributed by atoms with E-state index in [1.807, 2.05) is 30.5 Å². The van der Waals surface area contributed by atoms with Crippen molar-refractivity contribution in [2.45, 2.75) is 4.90 Å². The lowest BCUT2D eigenvalue weighted by atomic mass is 10.2. The van der Waals surface area contributed by atoms with Gasteiger partial charge >= 0.3 is 0 Å². The van der Waals surface area contributed by atoms with Gasteiger partial charge < -0.3 is 9.54 Å². The van der Waals surface area contributed by atoms with Gasteiger partial charge in [-0.15, -0.1) is 0 Å². The number of fused-ring (bicyclic) bond motifs is 1. The Morgan fingerprint density at radius 2 is 1.82 bits per heavy atom. The first-order valence-corrected chi connectivity index (χ1v) is 7.86. The van der Waals surface area contributed by atoms with E-state index in [2.05, 4.69) is 15.5 Å². The smallest absolute Gasteiger partial charge is 0.124 e.